The van der Waals surface area contributed by atoms with Crippen LogP contribution in [0.15, 0.2) is 18.2 Å². The van der Waals surface area contributed by atoms with Gasteiger partial charge in [0.2, 0.25) is 0 Å². The van der Waals surface area contributed by atoms with E-state index in [1.165, 1.54) is 82.1 Å². The Morgan fingerprint density at radius 3 is 1.84 bits per heavy atom. The van der Waals surface area contributed by atoms with E-state index < -0.39 is 27.1 Å². The molecule has 10 nitrogen and oxygen atoms in total. The van der Waals surface area contributed by atoms with Crippen molar-refractivity contribution in [3.63, 3.8) is 0 Å². The van der Waals surface area contributed by atoms with Gasteiger partial charge in [-0.2, -0.15) is 10.5 Å². The minimum absolute atomic E-state index is 0.0345. The Morgan fingerprint density at radius 1 is 0.837 bits per heavy atom. The molecule has 1 aliphatic carbocycles. The summed E-state index contributed by atoms with van der Waals surface area (Å²) < 4.78 is 0. The van der Waals surface area contributed by atoms with Gasteiger partial charge in [-0.15, -0.1) is 0 Å². The lowest BCUT2D eigenvalue weighted by molar-refractivity contribution is -0.386. The SMILES string of the molecule is CCCCCCCCCCCCCCCCc1c(C(=O)O)c2c(c(=C(C#N)C#N)c1[N+](=O)[O-])=Cc1cc([N+](=O)[O-])ccc1-2. The minimum atomic E-state index is -1.37. The number of nitro groups is 2. The molecule has 0 fully saturated rings. The highest BCUT2D eigenvalue weighted by atomic mass is 16.6. The third-order valence-electron chi connectivity index (χ3n) is 8.08. The summed E-state index contributed by atoms with van der Waals surface area (Å²) in [7, 11) is 0. The second-order valence-electron chi connectivity index (χ2n) is 11.0. The van der Waals surface area contributed by atoms with Gasteiger partial charge < -0.3 is 5.11 Å². The van der Waals surface area contributed by atoms with Crippen LogP contribution in [-0.2, 0) is 6.42 Å². The molecule has 0 unspecified atom stereocenters. The number of hydrogen-bond acceptors (Lipinski definition) is 7. The average Bonchev–Trinajstić information content (AvgIpc) is 3.35. The molecule has 2 aromatic carbocycles. The molecule has 1 aliphatic rings. The fourth-order valence-electron chi connectivity index (χ4n) is 5.96. The molecule has 0 bridgehead atoms. The maximum atomic E-state index is 12.6. The van der Waals surface area contributed by atoms with Gasteiger partial charge in [0.1, 0.15) is 17.7 Å². The van der Waals surface area contributed by atoms with Gasteiger partial charge in [-0.1, -0.05) is 90.4 Å². The maximum absolute atomic E-state index is 12.6. The van der Waals surface area contributed by atoms with Crippen molar-refractivity contribution in [2.75, 3.05) is 0 Å². The number of hydrogen-bond donors (Lipinski definition) is 1. The highest BCUT2D eigenvalue weighted by molar-refractivity contribution is 6.03. The molecule has 0 spiro atoms. The zero-order valence-corrected chi connectivity index (χ0v) is 24.7. The van der Waals surface area contributed by atoms with Crippen molar-refractivity contribution < 1.29 is 19.7 Å². The third-order valence-corrected chi connectivity index (χ3v) is 8.08. The average molecular weight is 587 g/mol. The molecular weight excluding hydrogens is 548 g/mol. The summed E-state index contributed by atoms with van der Waals surface area (Å²) in [6.45, 7) is 2.22. The fourth-order valence-corrected chi connectivity index (χ4v) is 5.96. The number of benzene rings is 2. The number of carboxylic acid groups (broad SMARTS) is 1. The van der Waals surface area contributed by atoms with Crippen LogP contribution >= 0.6 is 0 Å². The van der Waals surface area contributed by atoms with Crippen molar-refractivity contribution in [1.29, 1.82) is 10.5 Å². The molecule has 0 atom stereocenters. The van der Waals surface area contributed by atoms with Crippen LogP contribution in [0.25, 0.3) is 22.8 Å². The van der Waals surface area contributed by atoms with E-state index in [-0.39, 0.29) is 39.2 Å². The lowest BCUT2D eigenvalue weighted by Crippen LogP contribution is -2.34. The van der Waals surface area contributed by atoms with E-state index in [4.69, 9.17) is 0 Å². The monoisotopic (exact) mass is 586 g/mol. The summed E-state index contributed by atoms with van der Waals surface area (Å²) in [5.41, 5.74) is -0.822. The first kappa shape index (κ1) is 32.9. The second kappa shape index (κ2) is 16.2. The van der Waals surface area contributed by atoms with Gasteiger partial charge in [0.05, 0.1) is 20.6 Å². The van der Waals surface area contributed by atoms with E-state index in [0.717, 1.165) is 25.7 Å². The Morgan fingerprint density at radius 2 is 1.37 bits per heavy atom. The van der Waals surface area contributed by atoms with E-state index in [1.54, 1.807) is 12.1 Å². The van der Waals surface area contributed by atoms with Gasteiger partial charge in [-0.25, -0.2) is 4.79 Å². The molecule has 0 aromatic heterocycles. The molecule has 0 saturated carbocycles. The van der Waals surface area contributed by atoms with Crippen LogP contribution in [0.1, 0.15) is 118 Å². The topological polar surface area (TPSA) is 171 Å². The smallest absolute Gasteiger partial charge is 0.336 e. The first-order valence-electron chi connectivity index (χ1n) is 15.2. The first-order chi connectivity index (χ1) is 20.8. The lowest BCUT2D eigenvalue weighted by atomic mass is 9.89. The number of unbranched alkanes of at least 4 members (excludes halogenated alkanes) is 13. The van der Waals surface area contributed by atoms with Gasteiger partial charge in [-0.3, -0.25) is 20.2 Å². The number of rotatable bonds is 18. The molecule has 1 N–H and O–H groups in total. The van der Waals surface area contributed by atoms with Gasteiger partial charge in [0.25, 0.3) is 11.4 Å². The standard InChI is InChI=1S/C33H38N4O6/c1-2-3-4-5-6-7-8-9-10-11-12-13-14-15-16-27-31(33(38)39)30-26-18-17-25(36(40)41)19-23(26)20-28(30)29(24(21-34)22-35)32(27)37(42)43/h17-20H,2-16H2,1H3,(H,38,39). The summed E-state index contributed by atoms with van der Waals surface area (Å²) >= 11 is 0. The molecule has 0 heterocycles. The quantitative estimate of drug-likeness (QED) is 0.0923. The van der Waals surface area contributed by atoms with Crippen molar-refractivity contribution in [2.45, 2.75) is 103 Å². The van der Waals surface area contributed by atoms with Gasteiger partial charge in [0, 0.05) is 28.5 Å². The summed E-state index contributed by atoms with van der Waals surface area (Å²) in [6.07, 6.45) is 17.2. The summed E-state index contributed by atoms with van der Waals surface area (Å²) in [5.74, 6) is -1.37. The van der Waals surface area contributed by atoms with Crippen molar-refractivity contribution >= 4 is 29.0 Å². The largest absolute Gasteiger partial charge is 0.478 e. The molecule has 10 heteroatoms. The van der Waals surface area contributed by atoms with E-state index in [9.17, 15) is 40.7 Å². The Labute approximate surface area is 251 Å². The highest BCUT2D eigenvalue weighted by Gasteiger charge is 2.33. The van der Waals surface area contributed by atoms with Gasteiger partial charge in [-0.05, 0) is 36.1 Å². The number of non-ortho nitro benzene ring substituents is 1. The number of nitro benzene ring substituents is 2. The molecule has 226 valence electrons. The normalized spacial score (nSPS) is 11.1. The predicted octanol–water partition coefficient (Wildman–Crippen LogP) is 7.23. The predicted molar refractivity (Wildman–Crippen MR) is 164 cm³/mol. The van der Waals surface area contributed by atoms with E-state index in [0.29, 0.717) is 17.5 Å². The highest BCUT2D eigenvalue weighted by Crippen LogP contribution is 2.36. The molecule has 3 rings (SSSR count). The zero-order valence-electron chi connectivity index (χ0n) is 24.7. The number of nitrogens with zero attached hydrogens (tertiary/aromatic N) is 4. The molecule has 0 saturated heterocycles. The van der Waals surface area contributed by atoms with Gasteiger partial charge in [0.15, 0.2) is 0 Å². The lowest BCUT2D eigenvalue weighted by Gasteiger charge is -2.13. The Hall–Kier alpha value is -4.57. The number of carboxylic acids is 1. The Balaban J connectivity index is 1.82. The maximum Gasteiger partial charge on any atom is 0.336 e. The van der Waals surface area contributed by atoms with E-state index in [1.807, 2.05) is 0 Å². The van der Waals surface area contributed by atoms with Crippen LogP contribution in [0, 0.1) is 42.9 Å². The van der Waals surface area contributed by atoms with Gasteiger partial charge >= 0.3 is 5.97 Å². The summed E-state index contributed by atoms with van der Waals surface area (Å²) in [4.78, 5) is 35.0. The number of carbonyl (C=O) groups is 1. The molecule has 0 aliphatic heterocycles. The van der Waals surface area contributed by atoms with Crippen LogP contribution < -0.4 is 10.4 Å². The molecule has 2 aromatic rings. The van der Waals surface area contributed by atoms with Crippen LogP contribution in [0.2, 0.25) is 0 Å². The Bertz CT molecular complexity index is 1570. The van der Waals surface area contributed by atoms with Crippen LogP contribution in [0.5, 0.6) is 0 Å². The zero-order chi connectivity index (χ0) is 31.4. The Kier molecular flexibility index (Phi) is 12.4. The molecule has 43 heavy (non-hydrogen) atoms. The van der Waals surface area contributed by atoms with Crippen molar-refractivity contribution in [3.8, 4) is 23.3 Å². The van der Waals surface area contributed by atoms with E-state index >= 15 is 0 Å². The van der Waals surface area contributed by atoms with Crippen molar-refractivity contribution in [1.82, 2.24) is 0 Å². The van der Waals surface area contributed by atoms with Crippen LogP contribution in [0.3, 0.4) is 0 Å². The third kappa shape index (κ3) is 8.04. The number of nitriles is 2. The second-order valence-corrected chi connectivity index (χ2v) is 11.0. The fraction of sp³-hybridized carbons (Fsp3) is 0.485. The summed E-state index contributed by atoms with van der Waals surface area (Å²) in [5, 5.41) is 53.2. The minimum Gasteiger partial charge on any atom is -0.478 e. The van der Waals surface area contributed by atoms with Crippen LogP contribution in [0.4, 0.5) is 11.4 Å². The molecular formula is C33H38N4O6. The summed E-state index contributed by atoms with van der Waals surface area (Å²) in [6, 6.07) is 7.34. The van der Waals surface area contributed by atoms with Crippen LogP contribution in [-0.4, -0.2) is 20.9 Å². The number of fused-ring (bicyclic) bond motifs is 3. The molecule has 0 amide bonds. The first-order valence-corrected chi connectivity index (χ1v) is 15.2. The molecule has 0 radical (unpaired) electrons. The number of aromatic carboxylic acids is 1. The van der Waals surface area contributed by atoms with Crippen molar-refractivity contribution in [2.24, 2.45) is 0 Å². The van der Waals surface area contributed by atoms with Crippen molar-refractivity contribution in [3.05, 3.63) is 65.6 Å². The van der Waals surface area contributed by atoms with E-state index in [2.05, 4.69) is 6.92 Å².